The number of esters is 1. The normalized spacial score (nSPS) is 11.3. The highest BCUT2D eigenvalue weighted by Crippen LogP contribution is 2.17. The number of amides is 1. The molecular formula is C29H42N2O9. The van der Waals surface area contributed by atoms with Gasteiger partial charge in [0.1, 0.15) is 12.1 Å². The third-order valence-electron chi connectivity index (χ3n) is 5.18. The maximum absolute atomic E-state index is 12.9. The van der Waals surface area contributed by atoms with Gasteiger partial charge in [-0.05, 0) is 39.3 Å². The van der Waals surface area contributed by atoms with Crippen LogP contribution in [0.15, 0.2) is 53.5 Å². The number of anilines is 1. The zero-order valence-electron chi connectivity index (χ0n) is 24.0. The highest BCUT2D eigenvalue weighted by molar-refractivity contribution is 5.87. The van der Waals surface area contributed by atoms with E-state index in [1.54, 1.807) is 27.7 Å². The van der Waals surface area contributed by atoms with Gasteiger partial charge in [-0.25, -0.2) is 4.79 Å². The number of nitrogens with zero attached hydrogens (tertiary/aromatic N) is 2. The molecular weight excluding hydrogens is 520 g/mol. The van der Waals surface area contributed by atoms with Gasteiger partial charge in [0.25, 0.3) is 5.56 Å². The standard InChI is InChI=1S/C29H42N2O9/c1-5-39-27(33)22-30-21-25(11-12-26(30)32)31(28(34)40-29(2,3)4)13-14-35-15-16-36-17-18-37-19-20-38-23-24-9-7-6-8-10-24/h6-12,21H,5,13-20,22-23H2,1-4H3. The van der Waals surface area contributed by atoms with Crippen LogP contribution in [0.4, 0.5) is 10.5 Å². The second-order valence-corrected chi connectivity index (χ2v) is 9.67. The van der Waals surface area contributed by atoms with Gasteiger partial charge in [-0.1, -0.05) is 30.3 Å². The smallest absolute Gasteiger partial charge is 0.414 e. The minimum Gasteiger partial charge on any atom is -0.465 e. The molecule has 2 aromatic rings. The number of aromatic nitrogens is 1. The molecule has 0 aliphatic carbocycles. The molecule has 1 amide bonds. The fourth-order valence-corrected chi connectivity index (χ4v) is 3.37. The number of hydrogen-bond acceptors (Lipinski definition) is 9. The molecule has 1 heterocycles. The first-order valence-corrected chi connectivity index (χ1v) is 13.4. The van der Waals surface area contributed by atoms with Crippen LogP contribution in [0.2, 0.25) is 0 Å². The molecule has 1 aromatic carbocycles. The van der Waals surface area contributed by atoms with Gasteiger partial charge >= 0.3 is 12.1 Å². The zero-order valence-corrected chi connectivity index (χ0v) is 24.0. The van der Waals surface area contributed by atoms with Crippen molar-refractivity contribution < 1.29 is 38.0 Å². The van der Waals surface area contributed by atoms with E-state index in [0.717, 1.165) is 5.56 Å². The lowest BCUT2D eigenvalue weighted by Gasteiger charge is -2.27. The maximum Gasteiger partial charge on any atom is 0.414 e. The molecule has 0 N–H and O–H groups in total. The first kappa shape index (κ1) is 33.0. The Morgan fingerprint density at radius 2 is 1.43 bits per heavy atom. The van der Waals surface area contributed by atoms with Crippen LogP contribution in [0.5, 0.6) is 0 Å². The van der Waals surface area contributed by atoms with E-state index in [0.29, 0.717) is 51.9 Å². The van der Waals surface area contributed by atoms with E-state index in [9.17, 15) is 14.4 Å². The third kappa shape index (κ3) is 13.7. The largest absolute Gasteiger partial charge is 0.465 e. The summed E-state index contributed by atoms with van der Waals surface area (Å²) >= 11 is 0. The summed E-state index contributed by atoms with van der Waals surface area (Å²) in [7, 11) is 0. The molecule has 0 unspecified atom stereocenters. The van der Waals surface area contributed by atoms with Crippen molar-refractivity contribution in [3.63, 3.8) is 0 Å². The van der Waals surface area contributed by atoms with Gasteiger partial charge in [0.2, 0.25) is 0 Å². The van der Waals surface area contributed by atoms with E-state index < -0.39 is 23.2 Å². The van der Waals surface area contributed by atoms with Gasteiger partial charge in [-0.3, -0.25) is 14.5 Å². The Bertz CT molecular complexity index is 1070. The zero-order chi connectivity index (χ0) is 29.2. The van der Waals surface area contributed by atoms with Crippen molar-refractivity contribution in [2.45, 2.75) is 46.4 Å². The molecule has 0 aliphatic heterocycles. The molecule has 11 heteroatoms. The van der Waals surface area contributed by atoms with E-state index in [1.807, 2.05) is 30.3 Å². The van der Waals surface area contributed by atoms with E-state index in [-0.39, 0.29) is 26.3 Å². The number of hydrogen-bond donors (Lipinski definition) is 0. The molecule has 222 valence electrons. The van der Waals surface area contributed by atoms with Gasteiger partial charge in [0, 0.05) is 12.3 Å². The van der Waals surface area contributed by atoms with Crippen molar-refractivity contribution in [3.8, 4) is 0 Å². The molecule has 2 rings (SSSR count). The Morgan fingerprint density at radius 3 is 2.02 bits per heavy atom. The van der Waals surface area contributed by atoms with Gasteiger partial charge in [-0.15, -0.1) is 0 Å². The summed E-state index contributed by atoms with van der Waals surface area (Å²) in [5.74, 6) is -0.546. The fourth-order valence-electron chi connectivity index (χ4n) is 3.37. The number of ether oxygens (including phenoxy) is 6. The first-order valence-electron chi connectivity index (χ1n) is 13.4. The number of rotatable bonds is 18. The Hall–Kier alpha value is -3.25. The van der Waals surface area contributed by atoms with Crippen molar-refractivity contribution in [1.82, 2.24) is 4.57 Å². The predicted octanol–water partition coefficient (Wildman–Crippen LogP) is 3.42. The highest BCUT2D eigenvalue weighted by atomic mass is 16.6. The summed E-state index contributed by atoms with van der Waals surface area (Å²) in [5.41, 5.74) is 0.401. The SMILES string of the molecule is CCOC(=O)Cn1cc(N(CCOCCOCCOCCOCc2ccccc2)C(=O)OC(C)(C)C)ccc1=O. The van der Waals surface area contributed by atoms with Gasteiger partial charge < -0.3 is 33.0 Å². The second kappa shape index (κ2) is 18.2. The molecule has 40 heavy (non-hydrogen) atoms. The van der Waals surface area contributed by atoms with Crippen molar-refractivity contribution >= 4 is 17.7 Å². The van der Waals surface area contributed by atoms with Crippen LogP contribution in [0, 0.1) is 0 Å². The summed E-state index contributed by atoms with van der Waals surface area (Å²) in [4.78, 5) is 38.4. The van der Waals surface area contributed by atoms with Gasteiger partial charge in [0.05, 0.1) is 71.7 Å². The monoisotopic (exact) mass is 562 g/mol. The molecule has 0 spiro atoms. The molecule has 0 atom stereocenters. The second-order valence-electron chi connectivity index (χ2n) is 9.67. The summed E-state index contributed by atoms with van der Waals surface area (Å²) in [6.07, 6.45) is 0.831. The van der Waals surface area contributed by atoms with Gasteiger partial charge in [0.15, 0.2) is 0 Å². The van der Waals surface area contributed by atoms with E-state index in [2.05, 4.69) is 0 Å². The van der Waals surface area contributed by atoms with E-state index in [1.165, 1.54) is 27.8 Å². The lowest BCUT2D eigenvalue weighted by atomic mass is 10.2. The minimum atomic E-state index is -0.723. The van der Waals surface area contributed by atoms with Crippen LogP contribution in [0.1, 0.15) is 33.3 Å². The lowest BCUT2D eigenvalue weighted by molar-refractivity contribution is -0.143. The number of carbonyl (C=O) groups excluding carboxylic acids is 2. The lowest BCUT2D eigenvalue weighted by Crippen LogP contribution is -2.39. The molecule has 0 radical (unpaired) electrons. The van der Waals surface area contributed by atoms with Crippen LogP contribution >= 0.6 is 0 Å². The Balaban J connectivity index is 1.71. The average Bonchev–Trinajstić information content (AvgIpc) is 2.90. The molecule has 0 saturated heterocycles. The van der Waals surface area contributed by atoms with Gasteiger partial charge in [-0.2, -0.15) is 0 Å². The van der Waals surface area contributed by atoms with Crippen LogP contribution in [-0.4, -0.2) is 81.6 Å². The summed E-state index contributed by atoms with van der Waals surface area (Å²) in [6, 6.07) is 12.7. The Labute approximate surface area is 235 Å². The van der Waals surface area contributed by atoms with Crippen LogP contribution in [-0.2, 0) is 46.4 Å². The van der Waals surface area contributed by atoms with Crippen molar-refractivity contribution in [3.05, 3.63) is 64.6 Å². The average molecular weight is 563 g/mol. The molecule has 0 saturated carbocycles. The van der Waals surface area contributed by atoms with Crippen LogP contribution in [0.25, 0.3) is 0 Å². The number of carbonyl (C=O) groups is 2. The number of pyridine rings is 1. The minimum absolute atomic E-state index is 0.165. The quantitative estimate of drug-likeness (QED) is 0.199. The number of benzene rings is 1. The van der Waals surface area contributed by atoms with E-state index in [4.69, 9.17) is 28.4 Å². The Morgan fingerprint density at radius 1 is 0.825 bits per heavy atom. The highest BCUT2D eigenvalue weighted by Gasteiger charge is 2.24. The third-order valence-corrected chi connectivity index (χ3v) is 5.18. The maximum atomic E-state index is 12.9. The van der Waals surface area contributed by atoms with Crippen molar-refractivity contribution in [1.29, 1.82) is 0 Å². The Kier molecular flexibility index (Phi) is 15.0. The summed E-state index contributed by atoms with van der Waals surface area (Å²) in [6.45, 7) is 10.4. The topological polar surface area (TPSA) is 115 Å². The summed E-state index contributed by atoms with van der Waals surface area (Å²) < 4.78 is 33.9. The summed E-state index contributed by atoms with van der Waals surface area (Å²) in [5, 5.41) is 0. The molecule has 0 bridgehead atoms. The van der Waals surface area contributed by atoms with Crippen LogP contribution in [0.3, 0.4) is 0 Å². The molecule has 0 aliphatic rings. The van der Waals surface area contributed by atoms with Crippen molar-refractivity contribution in [2.75, 3.05) is 64.3 Å². The van der Waals surface area contributed by atoms with Crippen molar-refractivity contribution in [2.24, 2.45) is 0 Å². The molecule has 0 fully saturated rings. The van der Waals surface area contributed by atoms with Crippen LogP contribution < -0.4 is 10.5 Å². The fraction of sp³-hybridized carbons (Fsp3) is 0.552. The first-order chi connectivity index (χ1) is 19.2. The van der Waals surface area contributed by atoms with E-state index >= 15 is 0 Å². The molecule has 1 aromatic heterocycles. The molecule has 11 nitrogen and oxygen atoms in total. The predicted molar refractivity (Wildman–Crippen MR) is 149 cm³/mol.